The summed E-state index contributed by atoms with van der Waals surface area (Å²) in [6.07, 6.45) is 4.53. The number of rotatable bonds is 2. The second kappa shape index (κ2) is 5.08. The summed E-state index contributed by atoms with van der Waals surface area (Å²) in [5.74, 6) is 0.234. The predicted molar refractivity (Wildman–Crippen MR) is 76.6 cm³/mol. The average molecular weight is 440 g/mol. The number of phenolic OH excluding ortho intramolecular Hbond substituents is 1. The molecule has 0 fully saturated rings. The molecule has 1 aromatic heterocycles. The van der Waals surface area contributed by atoms with E-state index in [-0.39, 0.29) is 5.75 Å². The smallest absolute Gasteiger partial charge is 0.141 e. The molecule has 0 aliphatic heterocycles. The number of aromatic nitrogens is 3. The van der Waals surface area contributed by atoms with E-state index in [2.05, 4.69) is 60.5 Å². The minimum atomic E-state index is 0.234. The minimum Gasteiger partial charge on any atom is -0.506 e. The van der Waals surface area contributed by atoms with Crippen molar-refractivity contribution in [1.82, 2.24) is 14.9 Å². The van der Waals surface area contributed by atoms with Gasteiger partial charge in [0, 0.05) is 9.13 Å². The van der Waals surface area contributed by atoms with Gasteiger partial charge in [0.25, 0.3) is 0 Å². The lowest BCUT2D eigenvalue weighted by atomic mass is 10.2. The molecule has 82 valence electrons. The van der Waals surface area contributed by atoms with E-state index in [0.717, 1.165) is 7.14 Å². The first-order valence-electron chi connectivity index (χ1n) is 4.24. The monoisotopic (exact) mass is 440 g/mol. The highest BCUT2D eigenvalue weighted by molar-refractivity contribution is 14.1. The van der Waals surface area contributed by atoms with Crippen LogP contribution in [0.5, 0.6) is 5.75 Å². The Balaban J connectivity index is 2.34. The molecule has 0 aliphatic carbocycles. The fourth-order valence-corrected chi connectivity index (χ4v) is 2.96. The quantitative estimate of drug-likeness (QED) is 0.575. The topological polar surface area (TPSA) is 63.3 Å². The lowest BCUT2D eigenvalue weighted by molar-refractivity contribution is 0.470. The van der Waals surface area contributed by atoms with Crippen molar-refractivity contribution >= 4 is 51.4 Å². The van der Waals surface area contributed by atoms with Crippen LogP contribution in [0.15, 0.2) is 29.9 Å². The molecule has 0 amide bonds. The van der Waals surface area contributed by atoms with Crippen LogP contribution in [0.25, 0.3) is 0 Å². The van der Waals surface area contributed by atoms with Crippen LogP contribution in [0, 0.1) is 7.14 Å². The van der Waals surface area contributed by atoms with E-state index in [4.69, 9.17) is 0 Å². The first-order chi connectivity index (χ1) is 7.66. The maximum absolute atomic E-state index is 9.81. The van der Waals surface area contributed by atoms with E-state index >= 15 is 0 Å². The summed E-state index contributed by atoms with van der Waals surface area (Å²) in [5.41, 5.74) is 0.671. The van der Waals surface area contributed by atoms with Gasteiger partial charge in [-0.1, -0.05) is 0 Å². The molecule has 0 radical (unpaired) electrons. The molecule has 7 heteroatoms. The number of phenols is 1. The van der Waals surface area contributed by atoms with Crippen molar-refractivity contribution in [1.29, 1.82) is 0 Å². The highest BCUT2D eigenvalue weighted by Gasteiger charge is 2.04. The molecule has 0 bridgehead atoms. The van der Waals surface area contributed by atoms with Crippen molar-refractivity contribution < 1.29 is 5.11 Å². The van der Waals surface area contributed by atoms with E-state index in [9.17, 15) is 5.11 Å². The van der Waals surface area contributed by atoms with E-state index in [1.54, 1.807) is 6.21 Å². The van der Waals surface area contributed by atoms with E-state index in [1.807, 2.05) is 12.1 Å². The van der Waals surface area contributed by atoms with Gasteiger partial charge in [0.2, 0.25) is 0 Å². The first-order valence-corrected chi connectivity index (χ1v) is 6.39. The van der Waals surface area contributed by atoms with Gasteiger partial charge in [-0.3, -0.25) is 0 Å². The number of hydrogen-bond donors (Lipinski definition) is 1. The van der Waals surface area contributed by atoms with Gasteiger partial charge in [0.1, 0.15) is 18.4 Å². The molecule has 0 unspecified atom stereocenters. The van der Waals surface area contributed by atoms with Crippen molar-refractivity contribution in [3.8, 4) is 5.75 Å². The van der Waals surface area contributed by atoms with Gasteiger partial charge in [0.05, 0.1) is 9.78 Å². The molecular weight excluding hydrogens is 434 g/mol. The SMILES string of the molecule is Oc1c(I)cc(I)cc1/C=N\n1cnnc1. The molecule has 0 saturated heterocycles. The maximum atomic E-state index is 9.81. The second-order valence-electron chi connectivity index (χ2n) is 2.91. The van der Waals surface area contributed by atoms with Crippen LogP contribution in [0.1, 0.15) is 5.56 Å². The maximum Gasteiger partial charge on any atom is 0.141 e. The highest BCUT2D eigenvalue weighted by Crippen LogP contribution is 2.25. The lowest BCUT2D eigenvalue weighted by Gasteiger charge is -2.02. The summed E-state index contributed by atoms with van der Waals surface area (Å²) >= 11 is 4.27. The number of benzene rings is 1. The Kier molecular flexibility index (Phi) is 3.74. The summed E-state index contributed by atoms with van der Waals surface area (Å²) in [6.45, 7) is 0. The Labute approximate surface area is 119 Å². The summed E-state index contributed by atoms with van der Waals surface area (Å²) < 4.78 is 3.31. The molecule has 1 N–H and O–H groups in total. The van der Waals surface area contributed by atoms with Gasteiger partial charge in [0.15, 0.2) is 0 Å². The molecule has 0 aliphatic rings. The third-order valence-electron chi connectivity index (χ3n) is 1.79. The van der Waals surface area contributed by atoms with Crippen LogP contribution in [-0.4, -0.2) is 26.2 Å². The Morgan fingerprint density at radius 3 is 2.62 bits per heavy atom. The lowest BCUT2D eigenvalue weighted by Crippen LogP contribution is -1.91. The van der Waals surface area contributed by atoms with E-state index in [1.165, 1.54) is 17.3 Å². The Morgan fingerprint density at radius 2 is 1.94 bits per heavy atom. The third kappa shape index (κ3) is 2.70. The predicted octanol–water partition coefficient (Wildman–Crippen LogP) is 2.08. The molecule has 0 spiro atoms. The van der Waals surface area contributed by atoms with Crippen molar-refractivity contribution in [2.45, 2.75) is 0 Å². The third-order valence-corrected chi connectivity index (χ3v) is 3.24. The van der Waals surface area contributed by atoms with Gasteiger partial charge in [-0.05, 0) is 57.3 Å². The normalized spacial score (nSPS) is 11.1. The van der Waals surface area contributed by atoms with E-state index < -0.39 is 0 Å². The summed E-state index contributed by atoms with van der Waals surface area (Å²) in [4.78, 5) is 0. The average Bonchev–Trinajstić information content (AvgIpc) is 2.74. The molecule has 1 heterocycles. The molecule has 0 saturated carbocycles. The van der Waals surface area contributed by atoms with Crippen LogP contribution >= 0.6 is 45.2 Å². The van der Waals surface area contributed by atoms with Crippen LogP contribution in [0.3, 0.4) is 0 Å². The van der Waals surface area contributed by atoms with Crippen molar-refractivity contribution in [2.24, 2.45) is 5.10 Å². The zero-order valence-corrected chi connectivity index (χ0v) is 12.2. The van der Waals surface area contributed by atoms with Crippen LogP contribution in [-0.2, 0) is 0 Å². The van der Waals surface area contributed by atoms with Crippen LogP contribution in [0.4, 0.5) is 0 Å². The standard InChI is InChI=1S/C9H6I2N4O/c10-7-1-6(9(16)8(11)2-7)3-14-15-4-12-13-5-15/h1-5,16H/b14-3-. The van der Waals surface area contributed by atoms with Crippen LogP contribution < -0.4 is 0 Å². The summed E-state index contributed by atoms with van der Waals surface area (Å²) in [5, 5.41) is 21.1. The molecule has 1 aromatic carbocycles. The second-order valence-corrected chi connectivity index (χ2v) is 5.32. The fourth-order valence-electron chi connectivity index (χ4n) is 1.07. The summed E-state index contributed by atoms with van der Waals surface area (Å²) in [7, 11) is 0. The van der Waals surface area contributed by atoms with Gasteiger partial charge < -0.3 is 5.11 Å². The number of aromatic hydroxyl groups is 1. The molecule has 2 aromatic rings. The molecule has 2 rings (SSSR count). The van der Waals surface area contributed by atoms with E-state index in [0.29, 0.717) is 5.56 Å². The molecule has 16 heavy (non-hydrogen) atoms. The molecule has 0 atom stereocenters. The largest absolute Gasteiger partial charge is 0.506 e. The number of nitrogens with zero attached hydrogens (tertiary/aromatic N) is 4. The van der Waals surface area contributed by atoms with Gasteiger partial charge in [-0.2, -0.15) is 5.10 Å². The minimum absolute atomic E-state index is 0.234. The fraction of sp³-hybridized carbons (Fsp3) is 0. The Morgan fingerprint density at radius 1 is 1.25 bits per heavy atom. The van der Waals surface area contributed by atoms with Crippen molar-refractivity contribution in [2.75, 3.05) is 0 Å². The van der Waals surface area contributed by atoms with Crippen LogP contribution in [0.2, 0.25) is 0 Å². The van der Waals surface area contributed by atoms with Crippen molar-refractivity contribution in [3.05, 3.63) is 37.5 Å². The zero-order valence-electron chi connectivity index (χ0n) is 7.88. The van der Waals surface area contributed by atoms with Gasteiger partial charge in [-0.25, -0.2) is 4.68 Å². The molecular formula is C9H6I2N4O. The van der Waals surface area contributed by atoms with Crippen molar-refractivity contribution in [3.63, 3.8) is 0 Å². The Bertz CT molecular complexity index is 525. The Hall–Kier alpha value is -0.710. The number of hydrogen-bond acceptors (Lipinski definition) is 4. The number of halogens is 2. The summed E-state index contributed by atoms with van der Waals surface area (Å²) in [6, 6.07) is 3.75. The van der Waals surface area contributed by atoms with Gasteiger partial charge in [-0.15, -0.1) is 10.2 Å². The zero-order chi connectivity index (χ0) is 11.5. The van der Waals surface area contributed by atoms with Gasteiger partial charge >= 0.3 is 0 Å². The molecule has 5 nitrogen and oxygen atoms in total. The highest BCUT2D eigenvalue weighted by atomic mass is 127. The first kappa shape index (κ1) is 11.8.